The summed E-state index contributed by atoms with van der Waals surface area (Å²) in [6.07, 6.45) is 5.31. The van der Waals surface area contributed by atoms with Gasteiger partial charge in [-0.3, -0.25) is 0 Å². The van der Waals surface area contributed by atoms with Crippen LogP contribution < -0.4 is 5.32 Å². The number of aromatic hydroxyl groups is 2. The van der Waals surface area contributed by atoms with E-state index in [1.807, 2.05) is 6.08 Å². The maximum Gasteiger partial charge on any atom is 0.123 e. The highest BCUT2D eigenvalue weighted by molar-refractivity contribution is 5.38. The molecule has 1 rings (SSSR count). The Bertz CT molecular complexity index is 377. The summed E-state index contributed by atoms with van der Waals surface area (Å²) in [4.78, 5) is 0. The highest BCUT2D eigenvalue weighted by atomic mass is 16.3. The van der Waals surface area contributed by atoms with Crippen molar-refractivity contribution in [3.05, 3.63) is 36.4 Å². The van der Waals surface area contributed by atoms with Gasteiger partial charge in [-0.15, -0.1) is 6.58 Å². The van der Waals surface area contributed by atoms with Crippen molar-refractivity contribution in [3.8, 4) is 11.5 Å². The lowest BCUT2D eigenvalue weighted by atomic mass is 9.98. The smallest absolute Gasteiger partial charge is 0.123 e. The Hall–Kier alpha value is -1.48. The zero-order chi connectivity index (χ0) is 13.4. The molecule has 1 unspecified atom stereocenters. The molecule has 0 aliphatic carbocycles. The van der Waals surface area contributed by atoms with E-state index in [2.05, 4.69) is 18.8 Å². The van der Waals surface area contributed by atoms with Gasteiger partial charge in [0.1, 0.15) is 11.5 Å². The summed E-state index contributed by atoms with van der Waals surface area (Å²) >= 11 is 0. The second-order valence-electron chi connectivity index (χ2n) is 4.58. The molecule has 3 heteroatoms. The summed E-state index contributed by atoms with van der Waals surface area (Å²) in [7, 11) is 0. The molecule has 3 nitrogen and oxygen atoms in total. The van der Waals surface area contributed by atoms with Crippen molar-refractivity contribution in [2.24, 2.45) is 5.92 Å². The van der Waals surface area contributed by atoms with Gasteiger partial charge in [0.05, 0.1) is 0 Å². The number of hydrogen-bond acceptors (Lipinski definition) is 3. The first-order chi connectivity index (χ1) is 8.67. The molecule has 0 saturated heterocycles. The molecule has 1 aromatic rings. The van der Waals surface area contributed by atoms with Crippen LogP contribution in [0.4, 0.5) is 0 Å². The summed E-state index contributed by atoms with van der Waals surface area (Å²) in [5.74, 6) is 0.914. The molecule has 0 bridgehead atoms. The SMILES string of the molecule is C=CCC(CC)CCNCc1ccc(O)cc1O. The van der Waals surface area contributed by atoms with Crippen LogP contribution in [0.1, 0.15) is 31.7 Å². The molecular formula is C15H23NO2. The third-order valence-corrected chi connectivity index (χ3v) is 3.19. The summed E-state index contributed by atoms with van der Waals surface area (Å²) in [6, 6.07) is 4.69. The summed E-state index contributed by atoms with van der Waals surface area (Å²) in [5.41, 5.74) is 0.810. The van der Waals surface area contributed by atoms with Gasteiger partial charge in [-0.1, -0.05) is 25.5 Å². The van der Waals surface area contributed by atoms with E-state index in [-0.39, 0.29) is 11.5 Å². The van der Waals surface area contributed by atoms with Crippen molar-refractivity contribution >= 4 is 0 Å². The molecule has 1 atom stereocenters. The van der Waals surface area contributed by atoms with Gasteiger partial charge in [-0.25, -0.2) is 0 Å². The molecule has 0 heterocycles. The van der Waals surface area contributed by atoms with E-state index < -0.39 is 0 Å². The molecule has 100 valence electrons. The highest BCUT2D eigenvalue weighted by Crippen LogP contribution is 2.22. The number of phenols is 2. The number of benzene rings is 1. The van der Waals surface area contributed by atoms with Crippen LogP contribution >= 0.6 is 0 Å². The topological polar surface area (TPSA) is 52.5 Å². The van der Waals surface area contributed by atoms with E-state index in [0.717, 1.165) is 31.4 Å². The van der Waals surface area contributed by atoms with Gasteiger partial charge >= 0.3 is 0 Å². The molecule has 0 radical (unpaired) electrons. The van der Waals surface area contributed by atoms with Gasteiger partial charge < -0.3 is 15.5 Å². The lowest BCUT2D eigenvalue weighted by molar-refractivity contribution is 0.436. The van der Waals surface area contributed by atoms with Crippen molar-refractivity contribution in [3.63, 3.8) is 0 Å². The quantitative estimate of drug-likeness (QED) is 0.490. The van der Waals surface area contributed by atoms with E-state index >= 15 is 0 Å². The van der Waals surface area contributed by atoms with Crippen LogP contribution in [0.25, 0.3) is 0 Å². The molecule has 0 fully saturated rings. The standard InChI is InChI=1S/C15H23NO2/c1-3-5-12(4-2)8-9-16-11-13-6-7-14(17)10-15(13)18/h3,6-7,10,12,16-18H,1,4-5,8-9,11H2,2H3. The normalized spacial score (nSPS) is 12.3. The molecule has 0 aliphatic rings. The van der Waals surface area contributed by atoms with Crippen LogP contribution in [0, 0.1) is 5.92 Å². The fraction of sp³-hybridized carbons (Fsp3) is 0.467. The predicted octanol–water partition coefficient (Wildman–Crippen LogP) is 3.18. The van der Waals surface area contributed by atoms with E-state index in [9.17, 15) is 10.2 Å². The van der Waals surface area contributed by atoms with Gasteiger partial charge in [0.15, 0.2) is 0 Å². The fourth-order valence-corrected chi connectivity index (χ4v) is 1.96. The van der Waals surface area contributed by atoms with Gasteiger partial charge in [0.2, 0.25) is 0 Å². The predicted molar refractivity (Wildman–Crippen MR) is 74.7 cm³/mol. The molecule has 18 heavy (non-hydrogen) atoms. The summed E-state index contributed by atoms with van der Waals surface area (Å²) in [5, 5.41) is 22.1. The molecule has 3 N–H and O–H groups in total. The van der Waals surface area contributed by atoms with E-state index in [1.165, 1.54) is 6.07 Å². The van der Waals surface area contributed by atoms with Crippen molar-refractivity contribution in [2.75, 3.05) is 6.54 Å². The van der Waals surface area contributed by atoms with E-state index in [4.69, 9.17) is 0 Å². The Labute approximate surface area is 109 Å². The van der Waals surface area contributed by atoms with Crippen LogP contribution in [0.15, 0.2) is 30.9 Å². The van der Waals surface area contributed by atoms with Crippen molar-refractivity contribution < 1.29 is 10.2 Å². The molecule has 0 saturated carbocycles. The second-order valence-corrected chi connectivity index (χ2v) is 4.58. The van der Waals surface area contributed by atoms with Crippen LogP contribution in [0.2, 0.25) is 0 Å². The Morgan fingerprint density at radius 2 is 2.17 bits per heavy atom. The fourth-order valence-electron chi connectivity index (χ4n) is 1.96. The monoisotopic (exact) mass is 249 g/mol. The number of rotatable bonds is 8. The summed E-state index contributed by atoms with van der Waals surface area (Å²) < 4.78 is 0. The second kappa shape index (κ2) is 7.77. The lowest BCUT2D eigenvalue weighted by Crippen LogP contribution is -2.17. The number of allylic oxidation sites excluding steroid dienone is 1. The number of hydrogen-bond donors (Lipinski definition) is 3. The minimum absolute atomic E-state index is 0.0910. The minimum atomic E-state index is 0.0910. The maximum atomic E-state index is 9.62. The first-order valence-electron chi connectivity index (χ1n) is 6.49. The average molecular weight is 249 g/mol. The van der Waals surface area contributed by atoms with Crippen molar-refractivity contribution in [1.82, 2.24) is 5.32 Å². The number of nitrogens with one attached hydrogen (secondary N) is 1. The van der Waals surface area contributed by atoms with Gasteiger partial charge in [-0.2, -0.15) is 0 Å². The molecule has 0 aromatic heterocycles. The van der Waals surface area contributed by atoms with Gasteiger partial charge in [0.25, 0.3) is 0 Å². The third kappa shape index (κ3) is 4.80. The maximum absolute atomic E-state index is 9.62. The van der Waals surface area contributed by atoms with Crippen LogP contribution in [0.3, 0.4) is 0 Å². The first-order valence-corrected chi connectivity index (χ1v) is 6.49. The lowest BCUT2D eigenvalue weighted by Gasteiger charge is -2.13. The van der Waals surface area contributed by atoms with Crippen LogP contribution in [0.5, 0.6) is 11.5 Å². The van der Waals surface area contributed by atoms with E-state index in [1.54, 1.807) is 12.1 Å². The van der Waals surface area contributed by atoms with Gasteiger partial charge in [-0.05, 0) is 31.4 Å². The largest absolute Gasteiger partial charge is 0.508 e. The Kier molecular flexibility index (Phi) is 6.29. The zero-order valence-corrected chi connectivity index (χ0v) is 11.0. The molecule has 1 aromatic carbocycles. The Morgan fingerprint density at radius 1 is 1.39 bits per heavy atom. The van der Waals surface area contributed by atoms with Gasteiger partial charge in [0, 0.05) is 18.2 Å². The van der Waals surface area contributed by atoms with Crippen LogP contribution in [-0.2, 0) is 6.54 Å². The molecule has 0 spiro atoms. The first kappa shape index (κ1) is 14.6. The molecular weight excluding hydrogens is 226 g/mol. The minimum Gasteiger partial charge on any atom is -0.508 e. The summed E-state index contributed by atoms with van der Waals surface area (Å²) in [6.45, 7) is 7.51. The van der Waals surface area contributed by atoms with E-state index in [0.29, 0.717) is 12.5 Å². The highest BCUT2D eigenvalue weighted by Gasteiger charge is 2.05. The molecule has 0 aliphatic heterocycles. The number of phenolic OH excluding ortho intramolecular Hbond substituents is 2. The van der Waals surface area contributed by atoms with Crippen LogP contribution in [-0.4, -0.2) is 16.8 Å². The molecule has 0 amide bonds. The Balaban J connectivity index is 2.31. The van der Waals surface area contributed by atoms with Crippen molar-refractivity contribution in [2.45, 2.75) is 32.7 Å². The third-order valence-electron chi connectivity index (χ3n) is 3.19. The Morgan fingerprint density at radius 3 is 2.78 bits per heavy atom. The average Bonchev–Trinajstić information content (AvgIpc) is 2.35. The van der Waals surface area contributed by atoms with Crippen molar-refractivity contribution in [1.29, 1.82) is 0 Å². The zero-order valence-electron chi connectivity index (χ0n) is 11.0.